The molecule has 0 unspecified atom stereocenters. The van der Waals surface area contributed by atoms with Crippen LogP contribution in [0.2, 0.25) is 0 Å². The zero-order valence-corrected chi connectivity index (χ0v) is 14.1. The van der Waals surface area contributed by atoms with E-state index in [0.717, 1.165) is 19.3 Å². The molecule has 2 aromatic rings. The number of aliphatic hydroxyl groups is 1. The van der Waals surface area contributed by atoms with Crippen LogP contribution in [0.4, 0.5) is 0 Å². The van der Waals surface area contributed by atoms with Crippen LogP contribution >= 0.6 is 0 Å². The lowest BCUT2D eigenvalue weighted by Crippen LogP contribution is -2.45. The maximum absolute atomic E-state index is 10.9. The topological polar surface area (TPSA) is 23.5 Å². The number of nitrogens with zero attached hydrogens (tertiary/aromatic N) is 1. The number of benzene rings is 2. The van der Waals surface area contributed by atoms with Crippen molar-refractivity contribution in [2.24, 2.45) is 5.92 Å². The van der Waals surface area contributed by atoms with Gasteiger partial charge in [0.1, 0.15) is 0 Å². The first-order valence-corrected chi connectivity index (χ1v) is 8.72. The lowest BCUT2D eigenvalue weighted by atomic mass is 9.76. The summed E-state index contributed by atoms with van der Waals surface area (Å²) in [7, 11) is 2.21. The third-order valence-electron chi connectivity index (χ3n) is 5.24. The van der Waals surface area contributed by atoms with Crippen molar-refractivity contribution in [1.29, 1.82) is 0 Å². The molecular formula is C21H27NO. The molecule has 2 aromatic carbocycles. The van der Waals surface area contributed by atoms with E-state index in [1.165, 1.54) is 11.1 Å². The maximum Gasteiger partial charge on any atom is 0.0604 e. The molecule has 1 N–H and O–H groups in total. The summed E-state index contributed by atoms with van der Waals surface area (Å²) in [6, 6.07) is 21.8. The van der Waals surface area contributed by atoms with E-state index in [-0.39, 0.29) is 18.2 Å². The van der Waals surface area contributed by atoms with Crippen molar-refractivity contribution in [2.75, 3.05) is 7.05 Å². The molecule has 0 amide bonds. The van der Waals surface area contributed by atoms with Gasteiger partial charge >= 0.3 is 0 Å². The Morgan fingerprint density at radius 1 is 0.957 bits per heavy atom. The SMILES string of the molecule is CCC[C@H]1[C@H](O)C[C@H](c2ccccc2)N(C)[C@@H]1c1ccccc1. The minimum Gasteiger partial charge on any atom is -0.393 e. The van der Waals surface area contributed by atoms with E-state index in [4.69, 9.17) is 0 Å². The van der Waals surface area contributed by atoms with Gasteiger partial charge in [0.05, 0.1) is 6.10 Å². The Morgan fingerprint density at radius 3 is 2.09 bits per heavy atom. The van der Waals surface area contributed by atoms with E-state index in [0.29, 0.717) is 5.92 Å². The highest BCUT2D eigenvalue weighted by molar-refractivity contribution is 5.25. The van der Waals surface area contributed by atoms with E-state index in [2.05, 4.69) is 79.5 Å². The second kappa shape index (κ2) is 7.29. The first-order valence-electron chi connectivity index (χ1n) is 8.72. The highest BCUT2D eigenvalue weighted by Crippen LogP contribution is 2.45. The first-order chi connectivity index (χ1) is 11.2. The van der Waals surface area contributed by atoms with Crippen LogP contribution in [0.1, 0.15) is 49.4 Å². The lowest BCUT2D eigenvalue weighted by Gasteiger charge is -2.47. The van der Waals surface area contributed by atoms with E-state index in [1.54, 1.807) is 0 Å². The second-order valence-corrected chi connectivity index (χ2v) is 6.70. The van der Waals surface area contributed by atoms with Crippen LogP contribution in [0, 0.1) is 5.92 Å². The molecule has 1 heterocycles. The zero-order chi connectivity index (χ0) is 16.2. The van der Waals surface area contributed by atoms with Crippen LogP contribution < -0.4 is 0 Å². The summed E-state index contributed by atoms with van der Waals surface area (Å²) in [6.07, 6.45) is 2.73. The average molecular weight is 309 g/mol. The molecular weight excluding hydrogens is 282 g/mol. The summed E-state index contributed by atoms with van der Waals surface area (Å²) >= 11 is 0. The normalized spacial score (nSPS) is 28.7. The molecule has 0 saturated carbocycles. The highest BCUT2D eigenvalue weighted by Gasteiger charge is 2.41. The summed E-state index contributed by atoms with van der Waals surface area (Å²) in [5.41, 5.74) is 2.61. The molecule has 1 saturated heterocycles. The molecule has 0 aromatic heterocycles. The van der Waals surface area contributed by atoms with Gasteiger partial charge in [0.25, 0.3) is 0 Å². The van der Waals surface area contributed by atoms with Gasteiger partial charge in [-0.25, -0.2) is 0 Å². The van der Waals surface area contributed by atoms with Crippen LogP contribution in [0.15, 0.2) is 60.7 Å². The van der Waals surface area contributed by atoms with Crippen molar-refractivity contribution < 1.29 is 5.11 Å². The van der Waals surface area contributed by atoms with Crippen molar-refractivity contribution in [3.8, 4) is 0 Å². The predicted octanol–water partition coefficient (Wildman–Crippen LogP) is 4.58. The Bertz CT molecular complexity index is 598. The Labute approximate surface area is 139 Å². The summed E-state index contributed by atoms with van der Waals surface area (Å²) in [5.74, 6) is 0.298. The van der Waals surface area contributed by atoms with Crippen molar-refractivity contribution in [3.63, 3.8) is 0 Å². The van der Waals surface area contributed by atoms with Crippen LogP contribution in [0.5, 0.6) is 0 Å². The third-order valence-corrected chi connectivity index (χ3v) is 5.24. The monoisotopic (exact) mass is 309 g/mol. The van der Waals surface area contributed by atoms with Crippen LogP contribution in [0.3, 0.4) is 0 Å². The predicted molar refractivity (Wildman–Crippen MR) is 95.2 cm³/mol. The molecule has 0 aliphatic carbocycles. The summed E-state index contributed by atoms with van der Waals surface area (Å²) in [6.45, 7) is 2.21. The minimum atomic E-state index is -0.249. The van der Waals surface area contributed by atoms with E-state index in [1.807, 2.05) is 0 Å². The number of hydrogen-bond acceptors (Lipinski definition) is 2. The zero-order valence-electron chi connectivity index (χ0n) is 14.1. The number of rotatable bonds is 4. The first kappa shape index (κ1) is 16.2. The Morgan fingerprint density at radius 2 is 1.52 bits per heavy atom. The van der Waals surface area contributed by atoms with Gasteiger partial charge in [-0.1, -0.05) is 74.0 Å². The van der Waals surface area contributed by atoms with E-state index in [9.17, 15) is 5.11 Å². The van der Waals surface area contributed by atoms with Crippen molar-refractivity contribution in [1.82, 2.24) is 4.90 Å². The molecule has 2 heteroatoms. The summed E-state index contributed by atoms with van der Waals surface area (Å²) in [5, 5.41) is 10.9. The van der Waals surface area contributed by atoms with Gasteiger partial charge in [-0.2, -0.15) is 0 Å². The Kier molecular flexibility index (Phi) is 5.14. The van der Waals surface area contributed by atoms with Gasteiger partial charge in [-0.05, 0) is 31.0 Å². The highest BCUT2D eigenvalue weighted by atomic mass is 16.3. The van der Waals surface area contributed by atoms with Crippen LogP contribution in [-0.4, -0.2) is 23.2 Å². The molecule has 0 bridgehead atoms. The fourth-order valence-electron chi connectivity index (χ4n) is 4.14. The smallest absolute Gasteiger partial charge is 0.0604 e. The van der Waals surface area contributed by atoms with E-state index >= 15 is 0 Å². The molecule has 23 heavy (non-hydrogen) atoms. The van der Waals surface area contributed by atoms with Gasteiger partial charge in [0.15, 0.2) is 0 Å². The largest absolute Gasteiger partial charge is 0.393 e. The molecule has 2 nitrogen and oxygen atoms in total. The maximum atomic E-state index is 10.9. The standard InChI is InChI=1S/C21H27NO/c1-3-10-18-20(23)15-19(16-11-6-4-7-12-16)22(2)21(18)17-13-8-5-9-14-17/h4-9,11-14,18-21,23H,3,10,15H2,1-2H3/t18-,19+,20+,21+/m0/s1. The van der Waals surface area contributed by atoms with Crippen molar-refractivity contribution in [3.05, 3.63) is 71.8 Å². The Balaban J connectivity index is 1.97. The lowest BCUT2D eigenvalue weighted by molar-refractivity contribution is -0.0439. The van der Waals surface area contributed by atoms with E-state index < -0.39 is 0 Å². The van der Waals surface area contributed by atoms with Gasteiger partial charge in [0.2, 0.25) is 0 Å². The van der Waals surface area contributed by atoms with Crippen molar-refractivity contribution in [2.45, 2.75) is 44.4 Å². The van der Waals surface area contributed by atoms with Gasteiger partial charge in [0, 0.05) is 18.0 Å². The second-order valence-electron chi connectivity index (χ2n) is 6.70. The Hall–Kier alpha value is -1.64. The van der Waals surface area contributed by atoms with Gasteiger partial charge in [-0.15, -0.1) is 0 Å². The molecule has 0 spiro atoms. The molecule has 4 atom stereocenters. The van der Waals surface area contributed by atoms with Gasteiger partial charge < -0.3 is 5.11 Å². The third kappa shape index (κ3) is 3.34. The molecule has 3 rings (SSSR count). The van der Waals surface area contributed by atoms with Crippen molar-refractivity contribution >= 4 is 0 Å². The fourth-order valence-corrected chi connectivity index (χ4v) is 4.14. The number of piperidine rings is 1. The molecule has 0 radical (unpaired) electrons. The van der Waals surface area contributed by atoms with Crippen LogP contribution in [-0.2, 0) is 0 Å². The quantitative estimate of drug-likeness (QED) is 0.893. The molecule has 1 fully saturated rings. The summed E-state index contributed by atoms with van der Waals surface area (Å²) < 4.78 is 0. The molecule has 1 aliphatic heterocycles. The van der Waals surface area contributed by atoms with Gasteiger partial charge in [-0.3, -0.25) is 4.90 Å². The average Bonchev–Trinajstić information content (AvgIpc) is 2.60. The van der Waals surface area contributed by atoms with Crippen LogP contribution in [0.25, 0.3) is 0 Å². The number of likely N-dealkylation sites (tertiary alicyclic amines) is 1. The minimum absolute atomic E-state index is 0.249. The number of aliphatic hydroxyl groups excluding tert-OH is 1. The molecule has 122 valence electrons. The summed E-state index contributed by atoms with van der Waals surface area (Å²) in [4.78, 5) is 2.47. The fraction of sp³-hybridized carbons (Fsp3) is 0.429. The molecule has 1 aliphatic rings. The number of hydrogen-bond donors (Lipinski definition) is 1.